The van der Waals surface area contributed by atoms with Crippen molar-refractivity contribution in [1.29, 1.82) is 0 Å². The Bertz CT molecular complexity index is 374. The molecule has 1 fully saturated rings. The molecule has 5 nitrogen and oxygen atoms in total. The average Bonchev–Trinajstić information content (AvgIpc) is 2.65. The van der Waals surface area contributed by atoms with E-state index < -0.39 is 0 Å². The molecule has 0 spiro atoms. The summed E-state index contributed by atoms with van der Waals surface area (Å²) in [5, 5.41) is 4.18. The highest BCUT2D eigenvalue weighted by Gasteiger charge is 2.38. The van der Waals surface area contributed by atoms with Gasteiger partial charge in [-0.1, -0.05) is 6.58 Å². The molecule has 0 unspecified atom stereocenters. The Kier molecular flexibility index (Phi) is 1.68. The highest BCUT2D eigenvalue weighted by Crippen LogP contribution is 2.39. The van der Waals surface area contributed by atoms with E-state index in [1.807, 2.05) is 4.68 Å². The highest BCUT2D eigenvalue weighted by molar-refractivity contribution is 5.63. The third-order valence-corrected chi connectivity index (χ3v) is 2.84. The molecule has 3 heterocycles. The van der Waals surface area contributed by atoms with Gasteiger partial charge in [0.2, 0.25) is 0 Å². The maximum absolute atomic E-state index is 5.33. The standard InChI is InChI=1S/C9H11N3O2/c1-6-7-2-13-5-14-3-8(7)12-9(6)10-4-11-12/h4,7-8H,1-3,5H2/t7-,8-/m1/s1. The lowest BCUT2D eigenvalue weighted by Gasteiger charge is -2.14. The molecule has 1 aromatic heterocycles. The van der Waals surface area contributed by atoms with Gasteiger partial charge in [0, 0.05) is 5.92 Å². The SMILES string of the molecule is C=C1c2ncnn2[C@@H]2COCOC[C@H]12. The molecule has 0 saturated carbocycles. The number of rotatable bonds is 0. The molecule has 0 radical (unpaired) electrons. The van der Waals surface area contributed by atoms with E-state index in [-0.39, 0.29) is 12.0 Å². The first-order chi connectivity index (χ1) is 6.88. The molecular weight excluding hydrogens is 182 g/mol. The van der Waals surface area contributed by atoms with Crippen molar-refractivity contribution in [2.75, 3.05) is 20.0 Å². The molecular formula is C9H11N3O2. The monoisotopic (exact) mass is 193 g/mol. The lowest BCUT2D eigenvalue weighted by molar-refractivity contribution is -0.0366. The van der Waals surface area contributed by atoms with Gasteiger partial charge in [0.1, 0.15) is 13.1 Å². The first-order valence-electron chi connectivity index (χ1n) is 4.62. The number of hydrogen-bond donors (Lipinski definition) is 0. The summed E-state index contributed by atoms with van der Waals surface area (Å²) in [5.74, 6) is 1.14. The summed E-state index contributed by atoms with van der Waals surface area (Å²) < 4.78 is 12.5. The first kappa shape index (κ1) is 8.14. The van der Waals surface area contributed by atoms with Crippen LogP contribution >= 0.6 is 0 Å². The Morgan fingerprint density at radius 1 is 1.43 bits per heavy atom. The van der Waals surface area contributed by atoms with Gasteiger partial charge >= 0.3 is 0 Å². The van der Waals surface area contributed by atoms with Crippen molar-refractivity contribution >= 4 is 5.57 Å². The van der Waals surface area contributed by atoms with Crippen LogP contribution in [0.1, 0.15) is 11.9 Å². The van der Waals surface area contributed by atoms with Gasteiger partial charge in [-0.05, 0) is 5.57 Å². The van der Waals surface area contributed by atoms with E-state index >= 15 is 0 Å². The minimum Gasteiger partial charge on any atom is -0.355 e. The molecule has 0 N–H and O–H groups in total. The fourth-order valence-corrected chi connectivity index (χ4v) is 2.09. The van der Waals surface area contributed by atoms with Gasteiger partial charge in [-0.3, -0.25) is 0 Å². The van der Waals surface area contributed by atoms with Crippen LogP contribution in [0.15, 0.2) is 12.9 Å². The van der Waals surface area contributed by atoms with E-state index in [1.54, 1.807) is 6.33 Å². The van der Waals surface area contributed by atoms with Crippen LogP contribution in [-0.4, -0.2) is 34.8 Å². The van der Waals surface area contributed by atoms with Crippen LogP contribution in [0.4, 0.5) is 0 Å². The van der Waals surface area contributed by atoms with E-state index in [2.05, 4.69) is 16.7 Å². The molecule has 0 bridgehead atoms. The van der Waals surface area contributed by atoms with E-state index in [9.17, 15) is 0 Å². The Balaban J connectivity index is 2.03. The number of aromatic nitrogens is 3. The van der Waals surface area contributed by atoms with Crippen LogP contribution in [0, 0.1) is 5.92 Å². The summed E-state index contributed by atoms with van der Waals surface area (Å²) in [6.07, 6.45) is 1.56. The van der Waals surface area contributed by atoms with E-state index in [4.69, 9.17) is 9.47 Å². The second-order valence-corrected chi connectivity index (χ2v) is 3.59. The average molecular weight is 193 g/mol. The van der Waals surface area contributed by atoms with Gasteiger partial charge in [-0.15, -0.1) is 0 Å². The number of hydrogen-bond acceptors (Lipinski definition) is 4. The molecule has 0 aliphatic carbocycles. The maximum Gasteiger partial charge on any atom is 0.154 e. The summed E-state index contributed by atoms with van der Waals surface area (Å²) in [6.45, 7) is 5.67. The van der Waals surface area contributed by atoms with Crippen LogP contribution in [-0.2, 0) is 9.47 Å². The zero-order valence-electron chi connectivity index (χ0n) is 7.72. The number of fused-ring (bicyclic) bond motifs is 3. The lowest BCUT2D eigenvalue weighted by Crippen LogP contribution is -2.19. The fraction of sp³-hybridized carbons (Fsp3) is 0.556. The van der Waals surface area contributed by atoms with Crippen LogP contribution < -0.4 is 0 Å². The van der Waals surface area contributed by atoms with Crippen molar-refractivity contribution in [3.63, 3.8) is 0 Å². The third-order valence-electron chi connectivity index (χ3n) is 2.84. The van der Waals surface area contributed by atoms with Crippen molar-refractivity contribution in [1.82, 2.24) is 14.8 Å². The third kappa shape index (κ3) is 0.964. The largest absolute Gasteiger partial charge is 0.355 e. The molecule has 0 amide bonds. The second-order valence-electron chi connectivity index (χ2n) is 3.59. The molecule has 2 atom stereocenters. The lowest BCUT2D eigenvalue weighted by atomic mass is 9.98. The van der Waals surface area contributed by atoms with E-state index in [0.29, 0.717) is 20.0 Å². The Morgan fingerprint density at radius 2 is 2.29 bits per heavy atom. The predicted molar refractivity (Wildman–Crippen MR) is 48.4 cm³/mol. The normalized spacial score (nSPS) is 31.0. The molecule has 74 valence electrons. The molecule has 14 heavy (non-hydrogen) atoms. The Morgan fingerprint density at radius 3 is 3.21 bits per heavy atom. The van der Waals surface area contributed by atoms with Gasteiger partial charge in [-0.25, -0.2) is 9.67 Å². The molecule has 1 saturated heterocycles. The Labute approximate surface area is 81.3 Å². The summed E-state index contributed by atoms with van der Waals surface area (Å²) in [5.41, 5.74) is 1.01. The van der Waals surface area contributed by atoms with Gasteiger partial charge in [0.05, 0.1) is 19.3 Å². The maximum atomic E-state index is 5.33. The molecule has 1 aromatic rings. The van der Waals surface area contributed by atoms with Crippen LogP contribution in [0.3, 0.4) is 0 Å². The number of nitrogens with zero attached hydrogens (tertiary/aromatic N) is 3. The summed E-state index contributed by atoms with van der Waals surface area (Å²) in [7, 11) is 0. The van der Waals surface area contributed by atoms with Crippen LogP contribution in [0.5, 0.6) is 0 Å². The molecule has 0 aromatic carbocycles. The second kappa shape index (κ2) is 2.90. The topological polar surface area (TPSA) is 49.2 Å². The quantitative estimate of drug-likeness (QED) is 0.601. The van der Waals surface area contributed by atoms with Crippen molar-refractivity contribution in [3.8, 4) is 0 Å². The zero-order chi connectivity index (χ0) is 9.54. The van der Waals surface area contributed by atoms with E-state index in [1.165, 1.54) is 0 Å². The van der Waals surface area contributed by atoms with Crippen molar-refractivity contribution < 1.29 is 9.47 Å². The molecule has 5 heteroatoms. The van der Waals surface area contributed by atoms with Crippen molar-refractivity contribution in [2.45, 2.75) is 6.04 Å². The fourth-order valence-electron chi connectivity index (χ4n) is 2.09. The summed E-state index contributed by atoms with van der Waals surface area (Å²) in [6, 6.07) is 0.211. The van der Waals surface area contributed by atoms with Crippen molar-refractivity contribution in [2.24, 2.45) is 5.92 Å². The predicted octanol–water partition coefficient (Wildman–Crippen LogP) is 0.466. The minimum atomic E-state index is 0.211. The molecule has 3 rings (SSSR count). The molecule has 2 aliphatic rings. The molecule has 2 aliphatic heterocycles. The summed E-state index contributed by atoms with van der Waals surface area (Å²) in [4.78, 5) is 4.17. The van der Waals surface area contributed by atoms with Gasteiger partial charge in [0.15, 0.2) is 5.82 Å². The minimum absolute atomic E-state index is 0.211. The van der Waals surface area contributed by atoms with Gasteiger partial charge < -0.3 is 9.47 Å². The van der Waals surface area contributed by atoms with Gasteiger partial charge in [0.25, 0.3) is 0 Å². The Hall–Kier alpha value is -1.20. The summed E-state index contributed by atoms with van der Waals surface area (Å²) >= 11 is 0. The number of ether oxygens (including phenoxy) is 2. The van der Waals surface area contributed by atoms with Gasteiger partial charge in [-0.2, -0.15) is 5.10 Å². The van der Waals surface area contributed by atoms with Crippen LogP contribution in [0.2, 0.25) is 0 Å². The zero-order valence-corrected chi connectivity index (χ0v) is 7.72. The smallest absolute Gasteiger partial charge is 0.154 e. The van der Waals surface area contributed by atoms with Crippen molar-refractivity contribution in [3.05, 3.63) is 18.7 Å². The van der Waals surface area contributed by atoms with Crippen LogP contribution in [0.25, 0.3) is 5.57 Å². The highest BCUT2D eigenvalue weighted by atomic mass is 16.7. The van der Waals surface area contributed by atoms with E-state index in [0.717, 1.165) is 11.4 Å². The first-order valence-corrected chi connectivity index (χ1v) is 4.62.